The van der Waals surface area contributed by atoms with Crippen molar-refractivity contribution in [1.29, 1.82) is 0 Å². The van der Waals surface area contributed by atoms with E-state index >= 15 is 0 Å². The van der Waals surface area contributed by atoms with Crippen LogP contribution in [0.5, 0.6) is 0 Å². The van der Waals surface area contributed by atoms with Crippen LogP contribution in [0, 0.1) is 5.82 Å². The predicted octanol–water partition coefficient (Wildman–Crippen LogP) is 3.44. The second-order valence-corrected chi connectivity index (χ2v) is 6.09. The molecule has 0 spiro atoms. The molecule has 0 unspecified atom stereocenters. The van der Waals surface area contributed by atoms with Gasteiger partial charge in [0.15, 0.2) is 0 Å². The zero-order valence-electron chi connectivity index (χ0n) is 12.7. The molecule has 120 valence electrons. The molecule has 2 aromatic rings. The van der Waals surface area contributed by atoms with Crippen molar-refractivity contribution in [3.05, 3.63) is 70.5 Å². The average Bonchev–Trinajstić information content (AvgIpc) is 2.55. The molecule has 0 N–H and O–H groups in total. The molecule has 0 aliphatic carbocycles. The van der Waals surface area contributed by atoms with Gasteiger partial charge in [-0.15, -0.1) is 0 Å². The molecule has 1 aliphatic rings. The van der Waals surface area contributed by atoms with Gasteiger partial charge < -0.3 is 4.90 Å². The Morgan fingerprint density at radius 1 is 1.04 bits per heavy atom. The fourth-order valence-corrected chi connectivity index (χ4v) is 3.02. The number of piperazine rings is 1. The fraction of sp³-hybridized carbons (Fsp3) is 0.278. The summed E-state index contributed by atoms with van der Waals surface area (Å²) in [4.78, 5) is 16.6. The smallest absolute Gasteiger partial charge is 0.255 e. The summed E-state index contributed by atoms with van der Waals surface area (Å²) < 4.78 is 13.2. The zero-order valence-corrected chi connectivity index (χ0v) is 13.5. The van der Waals surface area contributed by atoms with Crippen molar-refractivity contribution in [2.45, 2.75) is 6.54 Å². The van der Waals surface area contributed by atoms with Crippen LogP contribution in [-0.2, 0) is 6.54 Å². The van der Waals surface area contributed by atoms with Crippen LogP contribution in [0.1, 0.15) is 15.9 Å². The number of amides is 1. The van der Waals surface area contributed by atoms with E-state index in [0.29, 0.717) is 30.2 Å². The lowest BCUT2D eigenvalue weighted by molar-refractivity contribution is 0.0628. The summed E-state index contributed by atoms with van der Waals surface area (Å²) in [7, 11) is 0. The fourth-order valence-electron chi connectivity index (χ4n) is 2.81. The molecule has 5 heteroatoms. The SMILES string of the molecule is O=C(c1ccccc1Cl)N1CCN(Cc2cccc(F)c2)CC1. The maximum absolute atomic E-state index is 13.2. The monoisotopic (exact) mass is 332 g/mol. The Bertz CT molecular complexity index is 699. The Hall–Kier alpha value is -1.91. The van der Waals surface area contributed by atoms with E-state index in [1.165, 1.54) is 6.07 Å². The summed E-state index contributed by atoms with van der Waals surface area (Å²) >= 11 is 6.10. The molecule has 0 atom stereocenters. The van der Waals surface area contributed by atoms with E-state index < -0.39 is 0 Å². The Balaban J connectivity index is 1.58. The Kier molecular flexibility index (Phi) is 4.94. The van der Waals surface area contributed by atoms with E-state index in [2.05, 4.69) is 4.90 Å². The third-order valence-corrected chi connectivity index (χ3v) is 4.39. The van der Waals surface area contributed by atoms with Gasteiger partial charge in [-0.25, -0.2) is 4.39 Å². The van der Waals surface area contributed by atoms with Gasteiger partial charge in [0, 0.05) is 32.7 Å². The number of halogens is 2. The van der Waals surface area contributed by atoms with Crippen LogP contribution in [0.4, 0.5) is 4.39 Å². The van der Waals surface area contributed by atoms with Crippen LogP contribution in [0.25, 0.3) is 0 Å². The van der Waals surface area contributed by atoms with E-state index in [0.717, 1.165) is 18.7 Å². The standard InChI is InChI=1S/C18H18ClFN2O/c19-17-7-2-1-6-16(17)18(23)22-10-8-21(9-11-22)13-14-4-3-5-15(20)12-14/h1-7,12H,8-11,13H2. The van der Waals surface area contributed by atoms with Crippen LogP contribution in [0.2, 0.25) is 5.02 Å². The highest BCUT2D eigenvalue weighted by atomic mass is 35.5. The van der Waals surface area contributed by atoms with Crippen molar-refractivity contribution in [3.8, 4) is 0 Å². The summed E-state index contributed by atoms with van der Waals surface area (Å²) in [6.07, 6.45) is 0. The molecule has 1 heterocycles. The lowest BCUT2D eigenvalue weighted by atomic mass is 10.1. The van der Waals surface area contributed by atoms with Crippen LogP contribution in [0.3, 0.4) is 0 Å². The van der Waals surface area contributed by atoms with Gasteiger partial charge in [-0.2, -0.15) is 0 Å². The Morgan fingerprint density at radius 3 is 2.48 bits per heavy atom. The van der Waals surface area contributed by atoms with Crippen molar-refractivity contribution in [2.75, 3.05) is 26.2 Å². The van der Waals surface area contributed by atoms with Gasteiger partial charge in [-0.3, -0.25) is 9.69 Å². The van der Waals surface area contributed by atoms with E-state index in [4.69, 9.17) is 11.6 Å². The lowest BCUT2D eigenvalue weighted by Gasteiger charge is -2.35. The molecule has 1 aliphatic heterocycles. The summed E-state index contributed by atoms with van der Waals surface area (Å²) in [6, 6.07) is 13.8. The van der Waals surface area contributed by atoms with E-state index in [-0.39, 0.29) is 11.7 Å². The molecule has 1 fully saturated rings. The maximum atomic E-state index is 13.2. The summed E-state index contributed by atoms with van der Waals surface area (Å²) in [5, 5.41) is 0.486. The molecule has 1 saturated heterocycles. The minimum absolute atomic E-state index is 0.0268. The van der Waals surface area contributed by atoms with Gasteiger partial charge >= 0.3 is 0 Å². The average molecular weight is 333 g/mol. The minimum Gasteiger partial charge on any atom is -0.336 e. The molecule has 3 rings (SSSR count). The third-order valence-electron chi connectivity index (χ3n) is 4.06. The highest BCUT2D eigenvalue weighted by Gasteiger charge is 2.23. The van der Waals surface area contributed by atoms with Gasteiger partial charge in [0.05, 0.1) is 10.6 Å². The molecule has 2 aromatic carbocycles. The van der Waals surface area contributed by atoms with Crippen LogP contribution in [0.15, 0.2) is 48.5 Å². The van der Waals surface area contributed by atoms with Crippen molar-refractivity contribution < 1.29 is 9.18 Å². The minimum atomic E-state index is -0.213. The van der Waals surface area contributed by atoms with E-state index in [1.807, 2.05) is 23.1 Å². The second kappa shape index (κ2) is 7.11. The molecule has 23 heavy (non-hydrogen) atoms. The van der Waals surface area contributed by atoms with Crippen molar-refractivity contribution in [2.24, 2.45) is 0 Å². The highest BCUT2D eigenvalue weighted by molar-refractivity contribution is 6.33. The number of carbonyl (C=O) groups is 1. The molecule has 1 amide bonds. The quantitative estimate of drug-likeness (QED) is 0.859. The number of hydrogen-bond acceptors (Lipinski definition) is 2. The molecular formula is C18H18ClFN2O. The highest BCUT2D eigenvalue weighted by Crippen LogP contribution is 2.18. The maximum Gasteiger partial charge on any atom is 0.255 e. The Labute approximate surface area is 140 Å². The van der Waals surface area contributed by atoms with Crippen LogP contribution in [-0.4, -0.2) is 41.9 Å². The largest absolute Gasteiger partial charge is 0.336 e. The van der Waals surface area contributed by atoms with E-state index in [9.17, 15) is 9.18 Å². The van der Waals surface area contributed by atoms with Crippen LogP contribution < -0.4 is 0 Å². The zero-order chi connectivity index (χ0) is 16.2. The van der Waals surface area contributed by atoms with Crippen molar-refractivity contribution in [3.63, 3.8) is 0 Å². The molecular weight excluding hydrogens is 315 g/mol. The summed E-state index contributed by atoms with van der Waals surface area (Å²) in [6.45, 7) is 3.55. The van der Waals surface area contributed by atoms with Crippen molar-refractivity contribution >= 4 is 17.5 Å². The normalized spacial score (nSPS) is 15.7. The first-order valence-corrected chi connectivity index (χ1v) is 8.02. The topological polar surface area (TPSA) is 23.6 Å². The molecule has 3 nitrogen and oxygen atoms in total. The van der Waals surface area contributed by atoms with Gasteiger partial charge in [0.25, 0.3) is 5.91 Å². The van der Waals surface area contributed by atoms with Crippen molar-refractivity contribution in [1.82, 2.24) is 9.80 Å². The Morgan fingerprint density at radius 2 is 1.78 bits per heavy atom. The lowest BCUT2D eigenvalue weighted by Crippen LogP contribution is -2.48. The molecule has 0 radical (unpaired) electrons. The van der Waals surface area contributed by atoms with E-state index in [1.54, 1.807) is 24.3 Å². The van der Waals surface area contributed by atoms with Gasteiger partial charge in [0.2, 0.25) is 0 Å². The number of carbonyl (C=O) groups excluding carboxylic acids is 1. The number of rotatable bonds is 3. The predicted molar refractivity (Wildman–Crippen MR) is 89.0 cm³/mol. The van der Waals surface area contributed by atoms with Gasteiger partial charge in [-0.1, -0.05) is 35.9 Å². The number of hydrogen-bond donors (Lipinski definition) is 0. The van der Waals surface area contributed by atoms with Gasteiger partial charge in [0.1, 0.15) is 5.82 Å². The van der Waals surface area contributed by atoms with Gasteiger partial charge in [-0.05, 0) is 29.8 Å². The molecule has 0 bridgehead atoms. The first-order chi connectivity index (χ1) is 11.1. The summed E-state index contributed by atoms with van der Waals surface area (Å²) in [5.41, 5.74) is 1.50. The second-order valence-electron chi connectivity index (χ2n) is 5.68. The summed E-state index contributed by atoms with van der Waals surface area (Å²) in [5.74, 6) is -0.240. The third kappa shape index (κ3) is 3.89. The van der Waals surface area contributed by atoms with Crippen LogP contribution >= 0.6 is 11.6 Å². The first kappa shape index (κ1) is 16.0. The first-order valence-electron chi connectivity index (χ1n) is 7.64. The number of nitrogens with zero attached hydrogens (tertiary/aromatic N) is 2. The number of benzene rings is 2. The molecule has 0 saturated carbocycles. The molecule has 0 aromatic heterocycles.